The summed E-state index contributed by atoms with van der Waals surface area (Å²) in [6.07, 6.45) is 9.45. The molecule has 0 aliphatic carbocycles. The summed E-state index contributed by atoms with van der Waals surface area (Å²) in [5, 5.41) is 10.6. The van der Waals surface area contributed by atoms with Gasteiger partial charge in [-0.3, -0.25) is 14.4 Å². The van der Waals surface area contributed by atoms with Crippen molar-refractivity contribution in [2.24, 2.45) is 17.8 Å². The van der Waals surface area contributed by atoms with Crippen molar-refractivity contribution in [3.63, 3.8) is 0 Å². The van der Waals surface area contributed by atoms with Crippen molar-refractivity contribution >= 4 is 46.8 Å². The van der Waals surface area contributed by atoms with Gasteiger partial charge in [0.05, 0.1) is 46.5 Å². The normalized spacial score (nSPS) is 33.2. The van der Waals surface area contributed by atoms with E-state index in [2.05, 4.69) is 0 Å². The number of para-hydroxylation sites is 1. The molecule has 37 heavy (non-hydrogen) atoms. The number of fused-ring (bicyclic) bond motifs is 2. The molecule has 7 nitrogen and oxygen atoms in total. The fourth-order valence-electron chi connectivity index (χ4n) is 6.34. The first-order valence-electron chi connectivity index (χ1n) is 12.9. The third-order valence-corrected chi connectivity index (χ3v) is 10.1. The summed E-state index contributed by atoms with van der Waals surface area (Å²) in [6, 6.07) is 4.02. The number of amides is 2. The van der Waals surface area contributed by atoms with Crippen molar-refractivity contribution in [3.05, 3.63) is 53.1 Å². The Kier molecular flexibility index (Phi) is 7.20. The molecular formula is C28H33ClN2O5S. The molecule has 1 aromatic carbocycles. The van der Waals surface area contributed by atoms with Crippen LogP contribution in [0.15, 0.2) is 42.5 Å². The molecule has 2 amide bonds. The molecule has 198 valence electrons. The number of allylic oxidation sites excluding steroid dienone is 1. The van der Waals surface area contributed by atoms with Crippen LogP contribution in [0.25, 0.3) is 0 Å². The maximum absolute atomic E-state index is 14.6. The average Bonchev–Trinajstić information content (AvgIpc) is 3.26. The van der Waals surface area contributed by atoms with Crippen LogP contribution in [0.3, 0.4) is 0 Å². The van der Waals surface area contributed by atoms with Gasteiger partial charge in [-0.2, -0.15) is 0 Å². The predicted molar refractivity (Wildman–Crippen MR) is 144 cm³/mol. The van der Waals surface area contributed by atoms with Crippen molar-refractivity contribution in [1.29, 1.82) is 0 Å². The van der Waals surface area contributed by atoms with E-state index in [0.29, 0.717) is 17.3 Å². The number of ether oxygens (including phenoxy) is 1. The number of cyclic esters (lactones) is 1. The molecule has 0 bridgehead atoms. The minimum absolute atomic E-state index is 0.103. The van der Waals surface area contributed by atoms with Gasteiger partial charge < -0.3 is 19.6 Å². The standard InChI is InChI=1S/C28H33ClN2O5S/c1-16(2)19(15-32)31-24-26(34)30(23-17(3)9-7-10-18(23)29)13-8-12-28(24)22(25(31)33)21-20(37-28)11-5-4-6-14-36-27(21)35/h5,7-12,16,19-22,24,32H,4,6,13-15H2,1-3H3/b11-5-/t19-,20-,21+,22-,24?,28-/m0/s1. The third kappa shape index (κ3) is 4.12. The maximum atomic E-state index is 14.6. The number of rotatable bonds is 4. The minimum Gasteiger partial charge on any atom is -0.465 e. The number of anilines is 1. The number of aliphatic hydroxyl groups is 1. The molecule has 0 radical (unpaired) electrons. The molecular weight excluding hydrogens is 512 g/mol. The van der Waals surface area contributed by atoms with Gasteiger partial charge in [-0.25, -0.2) is 0 Å². The summed E-state index contributed by atoms with van der Waals surface area (Å²) in [5.41, 5.74) is 1.46. The summed E-state index contributed by atoms with van der Waals surface area (Å²) in [5.74, 6) is -2.52. The van der Waals surface area contributed by atoms with Crippen LogP contribution in [0.2, 0.25) is 5.02 Å². The first kappa shape index (κ1) is 26.3. The summed E-state index contributed by atoms with van der Waals surface area (Å²) >= 11 is 8.10. The van der Waals surface area contributed by atoms with Gasteiger partial charge in [-0.1, -0.05) is 61.9 Å². The SMILES string of the molecule is Cc1cccc(Cl)c1N1CC=C[C@]23S[C@H]4/C=C\CCCOC(=O)[C@H]4[C@H]2C(=O)N([C@@H](CO)C(C)C)C3C1=O. The first-order chi connectivity index (χ1) is 17.7. The van der Waals surface area contributed by atoms with E-state index in [1.165, 1.54) is 11.8 Å². The Morgan fingerprint density at radius 2 is 2.00 bits per heavy atom. The molecule has 4 aliphatic rings. The minimum atomic E-state index is -0.974. The van der Waals surface area contributed by atoms with Crippen LogP contribution in [0.5, 0.6) is 0 Å². The van der Waals surface area contributed by atoms with Crippen LogP contribution < -0.4 is 4.90 Å². The fourth-order valence-corrected chi connectivity index (χ4v) is 8.65. The summed E-state index contributed by atoms with van der Waals surface area (Å²) < 4.78 is 4.64. The van der Waals surface area contributed by atoms with E-state index >= 15 is 0 Å². The van der Waals surface area contributed by atoms with E-state index in [1.54, 1.807) is 15.9 Å². The molecule has 0 saturated carbocycles. The number of halogens is 1. The van der Waals surface area contributed by atoms with Crippen molar-refractivity contribution in [2.75, 3.05) is 24.7 Å². The topological polar surface area (TPSA) is 87.2 Å². The number of aryl methyl sites for hydroxylation is 1. The molecule has 6 atom stereocenters. The van der Waals surface area contributed by atoms with Gasteiger partial charge in [0.2, 0.25) is 5.91 Å². The Balaban J connectivity index is 1.68. The Morgan fingerprint density at radius 1 is 1.22 bits per heavy atom. The molecule has 1 unspecified atom stereocenters. The van der Waals surface area contributed by atoms with Crippen LogP contribution >= 0.6 is 23.4 Å². The van der Waals surface area contributed by atoms with Gasteiger partial charge in [0, 0.05) is 11.8 Å². The number of thioether (sulfide) groups is 1. The average molecular weight is 545 g/mol. The molecule has 2 fully saturated rings. The van der Waals surface area contributed by atoms with Crippen molar-refractivity contribution in [3.8, 4) is 0 Å². The second-order valence-corrected chi connectivity index (χ2v) is 12.5. The molecule has 1 spiro atoms. The highest BCUT2D eigenvalue weighted by atomic mass is 35.5. The molecule has 9 heteroatoms. The third-order valence-electron chi connectivity index (χ3n) is 8.06. The predicted octanol–water partition coefficient (Wildman–Crippen LogP) is 3.76. The van der Waals surface area contributed by atoms with Crippen molar-refractivity contribution < 1.29 is 24.2 Å². The quantitative estimate of drug-likeness (QED) is 0.459. The lowest BCUT2D eigenvalue weighted by Gasteiger charge is -2.40. The van der Waals surface area contributed by atoms with E-state index in [0.717, 1.165) is 18.4 Å². The smallest absolute Gasteiger partial charge is 0.311 e. The molecule has 2 saturated heterocycles. The highest BCUT2D eigenvalue weighted by Gasteiger charge is 2.72. The second-order valence-electron chi connectivity index (χ2n) is 10.6. The highest BCUT2D eigenvalue weighted by molar-refractivity contribution is 8.02. The Bertz CT molecular complexity index is 1150. The maximum Gasteiger partial charge on any atom is 0.311 e. The largest absolute Gasteiger partial charge is 0.465 e. The van der Waals surface area contributed by atoms with Crippen LogP contribution in [0.1, 0.15) is 32.3 Å². The number of aliphatic hydroxyl groups excluding tert-OH is 1. The molecule has 1 N–H and O–H groups in total. The van der Waals surface area contributed by atoms with Gasteiger partial charge in [0.1, 0.15) is 6.04 Å². The molecule has 4 heterocycles. The molecule has 1 aromatic rings. The first-order valence-corrected chi connectivity index (χ1v) is 14.2. The molecule has 4 aliphatic heterocycles. The lowest BCUT2D eigenvalue weighted by molar-refractivity contribution is -0.153. The number of likely N-dealkylation sites (tertiary alicyclic amines) is 1. The van der Waals surface area contributed by atoms with Gasteiger partial charge in [-0.15, -0.1) is 11.8 Å². The molecule has 5 rings (SSSR count). The number of benzene rings is 1. The zero-order valence-corrected chi connectivity index (χ0v) is 22.9. The van der Waals surface area contributed by atoms with Crippen LogP contribution in [-0.4, -0.2) is 69.6 Å². The van der Waals surface area contributed by atoms with Gasteiger partial charge in [-0.05, 0) is 37.3 Å². The number of nitrogens with zero attached hydrogens (tertiary/aromatic N) is 2. The van der Waals surface area contributed by atoms with E-state index < -0.39 is 34.6 Å². The Hall–Kier alpha value is -2.29. The zero-order valence-electron chi connectivity index (χ0n) is 21.3. The zero-order chi connectivity index (χ0) is 26.5. The Labute approximate surface area is 226 Å². The summed E-state index contributed by atoms with van der Waals surface area (Å²) in [4.78, 5) is 45.4. The second kappa shape index (κ2) is 10.1. The lowest BCUT2D eigenvalue weighted by atomic mass is 9.78. The van der Waals surface area contributed by atoms with Crippen molar-refractivity contribution in [1.82, 2.24) is 4.90 Å². The van der Waals surface area contributed by atoms with Crippen LogP contribution in [0, 0.1) is 24.7 Å². The van der Waals surface area contributed by atoms with Gasteiger partial charge in [0.15, 0.2) is 0 Å². The van der Waals surface area contributed by atoms with E-state index in [-0.39, 0.29) is 36.1 Å². The van der Waals surface area contributed by atoms with Gasteiger partial charge in [0.25, 0.3) is 5.91 Å². The van der Waals surface area contributed by atoms with E-state index in [1.807, 2.05) is 57.2 Å². The Morgan fingerprint density at radius 3 is 2.70 bits per heavy atom. The number of hydrogen-bond donors (Lipinski definition) is 1. The number of esters is 1. The fraction of sp³-hybridized carbons (Fsp3) is 0.536. The van der Waals surface area contributed by atoms with Crippen molar-refractivity contribution in [2.45, 2.75) is 55.7 Å². The van der Waals surface area contributed by atoms with Crippen LogP contribution in [-0.2, 0) is 19.1 Å². The summed E-state index contributed by atoms with van der Waals surface area (Å²) in [6.45, 7) is 6.06. The monoisotopic (exact) mass is 544 g/mol. The number of carbonyl (C=O) groups is 3. The van der Waals surface area contributed by atoms with E-state index in [4.69, 9.17) is 16.3 Å². The van der Waals surface area contributed by atoms with Crippen LogP contribution in [0.4, 0.5) is 5.69 Å². The van der Waals surface area contributed by atoms with E-state index in [9.17, 15) is 19.5 Å². The number of carbonyl (C=O) groups excluding carboxylic acids is 3. The number of hydrogen-bond acceptors (Lipinski definition) is 6. The van der Waals surface area contributed by atoms with Gasteiger partial charge >= 0.3 is 5.97 Å². The summed E-state index contributed by atoms with van der Waals surface area (Å²) in [7, 11) is 0. The molecule has 0 aromatic heterocycles. The lowest BCUT2D eigenvalue weighted by Crippen LogP contribution is -2.57. The highest BCUT2D eigenvalue weighted by Crippen LogP contribution is 2.61.